The minimum absolute atomic E-state index is 0.0420. The number of aliphatic hydroxyl groups excluding tert-OH is 3. The fraction of sp³-hybridized carbons (Fsp3) is 0.409. The van der Waals surface area contributed by atoms with Gasteiger partial charge in [0.25, 0.3) is 0 Å². The van der Waals surface area contributed by atoms with Gasteiger partial charge in [-0.3, -0.25) is 24.9 Å². The lowest BCUT2D eigenvalue weighted by molar-refractivity contribution is 0.0533. The fourth-order valence-corrected chi connectivity index (χ4v) is 20.5. The molecule has 21 rings (SSSR count). The second kappa shape index (κ2) is 42.3. The highest BCUT2D eigenvalue weighted by Crippen LogP contribution is 2.65. The first-order chi connectivity index (χ1) is 64.6. The molecule has 35 nitrogen and oxygen atoms in total. The van der Waals surface area contributed by atoms with E-state index in [4.69, 9.17) is 25.7 Å². The number of anilines is 10. The maximum Gasteiger partial charge on any atom is 0.173 e. The van der Waals surface area contributed by atoms with Crippen LogP contribution in [0, 0.1) is 17.3 Å². The molecule has 15 aromatic heterocycles. The molecule has 3 saturated heterocycles. The number of aromatic nitrogens is 20. The van der Waals surface area contributed by atoms with Gasteiger partial charge in [0.05, 0.1) is 89.8 Å². The number of fused-ring (bicyclic) bond motifs is 6. The highest BCUT2D eigenvalue weighted by atomic mass is 79.9. The third kappa shape index (κ3) is 22.0. The van der Waals surface area contributed by atoms with Gasteiger partial charge in [0, 0.05) is 169 Å². The Hall–Kier alpha value is -11.0. The molecule has 18 heterocycles. The van der Waals surface area contributed by atoms with Crippen molar-refractivity contribution in [3.63, 3.8) is 0 Å². The minimum Gasteiger partial charge on any atom is -0.396 e. The first-order valence-corrected chi connectivity index (χ1v) is 49.0. The summed E-state index contributed by atoms with van der Waals surface area (Å²) in [6.07, 6.45) is 40.2. The SMILES string of the molecule is CC(C)(O)[C@@H]1CCCN1c1cc(NCc2cccnc2)n2ncc(Br)c2n1.CC1(C)[C@@H]2[C@@H](CO)N(c3cc(NCc4cccnc4)n4ncc(Br)c4n3)C[C@@H]21.NC1CCC(Nc2cc(NCc3cccnc3)n3ncc(Br)c3n2)CC1.OCC1(Nc2cc(NCc3cccnc3)n3ncc(Br)c3n2)CCCC1.OCC[C@@H]1CCCN1c1cc(NCc2cccnc2)n2ncc(Br)c2n1. The van der Waals surface area contributed by atoms with E-state index in [1.165, 1.54) is 0 Å². The van der Waals surface area contributed by atoms with Crippen LogP contribution in [-0.4, -0.2) is 199 Å². The van der Waals surface area contributed by atoms with E-state index in [1.807, 2.05) is 140 Å². The van der Waals surface area contributed by atoms with Crippen LogP contribution < -0.4 is 57.7 Å². The number of hydrogen-bond donors (Lipinski definition) is 12. The molecule has 5 atom stereocenters. The molecular formula is C93H110Br5N31O4. The summed E-state index contributed by atoms with van der Waals surface area (Å²) in [7, 11) is 0. The summed E-state index contributed by atoms with van der Waals surface area (Å²) >= 11 is 17.7. The predicted octanol–water partition coefficient (Wildman–Crippen LogP) is 15.4. The molecule has 6 fully saturated rings. The van der Waals surface area contributed by atoms with Gasteiger partial charge in [0.1, 0.15) is 58.2 Å². The lowest BCUT2D eigenvalue weighted by Gasteiger charge is -2.34. The van der Waals surface area contributed by atoms with E-state index in [0.717, 1.165) is 240 Å². The number of pyridine rings is 5. The molecule has 696 valence electrons. The Morgan fingerprint density at radius 3 is 1.20 bits per heavy atom. The molecule has 15 aromatic rings. The van der Waals surface area contributed by atoms with Gasteiger partial charge in [-0.15, -0.1) is 0 Å². The normalized spacial score (nSPS) is 19.3. The molecule has 0 amide bonds. The Bertz CT molecular complexity index is 6380. The smallest absolute Gasteiger partial charge is 0.173 e. The van der Waals surface area contributed by atoms with E-state index in [1.54, 1.807) is 80.0 Å². The Kier molecular flexibility index (Phi) is 29.9. The van der Waals surface area contributed by atoms with Gasteiger partial charge >= 0.3 is 0 Å². The van der Waals surface area contributed by atoms with Crippen LogP contribution in [0.25, 0.3) is 28.2 Å². The van der Waals surface area contributed by atoms with E-state index < -0.39 is 5.60 Å². The van der Waals surface area contributed by atoms with Crippen LogP contribution in [0.1, 0.15) is 139 Å². The maximum atomic E-state index is 10.6. The third-order valence-electron chi connectivity index (χ3n) is 25.8. The number of nitrogens with zero attached hydrogens (tertiary/aromatic N) is 23. The van der Waals surface area contributed by atoms with Crippen molar-refractivity contribution in [2.24, 2.45) is 23.0 Å². The Balaban J connectivity index is 0.000000116. The highest BCUT2D eigenvalue weighted by molar-refractivity contribution is 9.11. The van der Waals surface area contributed by atoms with E-state index >= 15 is 0 Å². The van der Waals surface area contributed by atoms with E-state index in [-0.39, 0.29) is 37.4 Å². The number of nitrogens with two attached hydrogens (primary N) is 1. The van der Waals surface area contributed by atoms with Gasteiger partial charge in [-0.05, 0) is 240 Å². The second-order valence-corrected chi connectivity index (χ2v) is 39.9. The van der Waals surface area contributed by atoms with E-state index in [2.05, 4.69) is 201 Å². The van der Waals surface area contributed by atoms with Gasteiger partial charge < -0.3 is 78.1 Å². The van der Waals surface area contributed by atoms with Gasteiger partial charge in [0.2, 0.25) is 0 Å². The predicted molar refractivity (Wildman–Crippen MR) is 535 cm³/mol. The monoisotopic (exact) mass is 2120 g/mol. The van der Waals surface area contributed by atoms with Crippen LogP contribution in [0.15, 0.2) is 206 Å². The quantitative estimate of drug-likeness (QED) is 0.0227. The van der Waals surface area contributed by atoms with Gasteiger partial charge in [0.15, 0.2) is 28.2 Å². The van der Waals surface area contributed by atoms with Crippen LogP contribution in [0.4, 0.5) is 58.2 Å². The molecule has 0 aromatic carbocycles. The standard InChI is InChI=1S/C20H23BrN6O.C19H23BrN6O.C18H22BrN7.2C18H21BrN6O/c1-20(2)13-10-26(15(11-28)18(13)20)17-6-16(23-8-12-4-3-5-22-7-12)27-19(25-17)14(21)9-24-27;1-19(2,27)15-6-4-8-25(15)17-9-16(22-11-13-5-3-7-21-10-13)26-18(24-17)14(20)12-23-26;19-15-11-23-26-17(22-10-12-2-1-7-21-9-12)8-16(25-18(15)26)24-14-5-3-13(20)4-6-14;19-15-12-22-25-16(21-11-13-3-1-6-20-10-13)9-17(23-18(15)25)24-7-2-4-14(24)5-8-26;19-14-11-22-25-16(21-10-13-4-3-7-20-9-13)8-15(23-17(14)25)24-18(12-26)5-1-2-6-18/h3-7,9,13,15,18,23,28H,8,10-11H2,1-2H3;3,5,7,9-10,12,15,22,27H,4,6,8,11H2,1-2H3;1-2,7-9,11,13-14,22H,3-6,10,20H2,(H,24,25);1,3,6,9-10,12,14,21,26H,2,4-5,7-8,11H2;3-4,7-9,11,21,26H,1-2,5-6,10,12H2,(H,23,24)/t13-,15+,18-;15-;;14-;/m00.0./s1. The van der Waals surface area contributed by atoms with Gasteiger partial charge in [-0.1, -0.05) is 57.0 Å². The third-order valence-corrected chi connectivity index (χ3v) is 28.6. The molecular weight excluding hydrogens is 2010 g/mol. The van der Waals surface area contributed by atoms with E-state index in [0.29, 0.717) is 68.1 Å². The molecule has 0 unspecified atom stereocenters. The summed E-state index contributed by atoms with van der Waals surface area (Å²) in [5.41, 5.74) is 14.6. The number of halogens is 5. The number of nitrogens with one attached hydrogen (secondary N) is 7. The van der Waals surface area contributed by atoms with Crippen LogP contribution >= 0.6 is 79.6 Å². The minimum atomic E-state index is -0.787. The lowest BCUT2D eigenvalue weighted by Crippen LogP contribution is -2.46. The summed E-state index contributed by atoms with van der Waals surface area (Å²) in [5, 5.41) is 86.2. The first-order valence-electron chi connectivity index (χ1n) is 45.1. The fourth-order valence-electron chi connectivity index (χ4n) is 18.7. The lowest BCUT2D eigenvalue weighted by atomic mass is 9.92. The Labute approximate surface area is 812 Å². The molecule has 6 aliphatic rings. The number of rotatable bonds is 27. The molecule has 0 radical (unpaired) electrons. The van der Waals surface area contributed by atoms with Crippen molar-refractivity contribution in [2.45, 2.75) is 185 Å². The topological polar surface area (TPSA) is 416 Å². The van der Waals surface area contributed by atoms with Gasteiger partial charge in [-0.2, -0.15) is 48.1 Å². The number of piperidine rings is 1. The van der Waals surface area contributed by atoms with Crippen LogP contribution in [-0.2, 0) is 32.7 Å². The average molecular weight is 2130 g/mol. The molecule has 40 heteroatoms. The largest absolute Gasteiger partial charge is 0.396 e. The molecule has 3 aliphatic heterocycles. The van der Waals surface area contributed by atoms with Crippen molar-refractivity contribution in [2.75, 3.05) is 91.4 Å². The Morgan fingerprint density at radius 1 is 0.444 bits per heavy atom. The van der Waals surface area contributed by atoms with E-state index in [9.17, 15) is 20.4 Å². The zero-order valence-corrected chi connectivity index (χ0v) is 82.3. The first kappa shape index (κ1) is 93.8. The average Bonchev–Trinajstić information content (AvgIpc) is 1.52. The molecule has 133 heavy (non-hydrogen) atoms. The number of aliphatic hydroxyl groups is 4. The molecule has 0 spiro atoms. The van der Waals surface area contributed by atoms with Crippen molar-refractivity contribution in [1.82, 2.24) is 97.9 Å². The summed E-state index contributed by atoms with van der Waals surface area (Å²) in [6, 6.07) is 31.1. The molecule has 3 aliphatic carbocycles. The molecule has 3 saturated carbocycles. The van der Waals surface area contributed by atoms with Crippen molar-refractivity contribution in [3.8, 4) is 0 Å². The summed E-state index contributed by atoms with van der Waals surface area (Å²) < 4.78 is 13.2. The zero-order valence-electron chi connectivity index (χ0n) is 74.4. The van der Waals surface area contributed by atoms with Crippen LogP contribution in [0.2, 0.25) is 0 Å². The van der Waals surface area contributed by atoms with Crippen molar-refractivity contribution >= 4 is 166 Å². The highest BCUT2D eigenvalue weighted by Gasteiger charge is 2.66. The molecule has 0 bridgehead atoms. The number of hydrogen-bond acceptors (Lipinski definition) is 30. The van der Waals surface area contributed by atoms with Crippen molar-refractivity contribution in [3.05, 3.63) is 234 Å². The Morgan fingerprint density at radius 2 is 0.812 bits per heavy atom. The summed E-state index contributed by atoms with van der Waals surface area (Å²) in [5.74, 6) is 9.70. The molecule has 13 N–H and O–H groups in total. The van der Waals surface area contributed by atoms with Crippen molar-refractivity contribution in [1.29, 1.82) is 0 Å². The second-order valence-electron chi connectivity index (χ2n) is 35.7. The van der Waals surface area contributed by atoms with Gasteiger partial charge in [-0.25, -0.2) is 24.9 Å². The van der Waals surface area contributed by atoms with Crippen LogP contribution in [0.5, 0.6) is 0 Å². The summed E-state index contributed by atoms with van der Waals surface area (Å²) in [6.45, 7) is 14.8. The summed E-state index contributed by atoms with van der Waals surface area (Å²) in [4.78, 5) is 51.4. The van der Waals surface area contributed by atoms with Crippen molar-refractivity contribution < 1.29 is 20.4 Å². The zero-order chi connectivity index (χ0) is 92.3. The maximum absolute atomic E-state index is 10.6. The van der Waals surface area contributed by atoms with Crippen LogP contribution in [0.3, 0.4) is 0 Å².